The van der Waals surface area contributed by atoms with Crippen LogP contribution in [0.1, 0.15) is 72.3 Å². The minimum absolute atomic E-state index is 0.0388. The molecule has 0 aromatic heterocycles. The van der Waals surface area contributed by atoms with E-state index in [4.69, 9.17) is 7.10 Å². The van der Waals surface area contributed by atoms with Crippen molar-refractivity contribution in [3.05, 3.63) is 215 Å². The van der Waals surface area contributed by atoms with Gasteiger partial charge in [0, 0.05) is 25.2 Å². The number of carbonyl (C=O) groups is 4. The molecular weight excluding hydrogens is 916 g/mol. The molecule has 2 aliphatic heterocycles. The molecule has 10 nitrogen and oxygen atoms in total. The normalized spacial score (nSPS) is 17.5. The topological polar surface area (TPSA) is 127 Å². The molecule has 6 aromatic rings. The van der Waals surface area contributed by atoms with E-state index in [1.165, 1.54) is 24.3 Å². The Morgan fingerprint density at radius 2 is 0.875 bits per heavy atom. The molecule has 378 valence electrons. The highest BCUT2D eigenvalue weighted by Crippen LogP contribution is 2.33. The molecule has 0 bridgehead atoms. The fourth-order valence-electron chi connectivity index (χ4n) is 9.86. The molecule has 13 heteroatoms. The van der Waals surface area contributed by atoms with E-state index in [1.54, 1.807) is 21.9 Å². The Bertz CT molecular complexity index is 2380. The molecule has 72 heavy (non-hydrogen) atoms. The Morgan fingerprint density at radius 3 is 1.18 bits per heavy atom. The predicted molar refractivity (Wildman–Crippen MR) is 276 cm³/mol. The lowest BCUT2D eigenvalue weighted by Gasteiger charge is -2.28. The van der Waals surface area contributed by atoms with E-state index in [0.29, 0.717) is 25.9 Å². The monoisotopic (exact) mass is 983 g/mol. The van der Waals surface area contributed by atoms with Crippen molar-refractivity contribution in [2.24, 2.45) is 5.73 Å². The molecule has 2 aliphatic rings. The summed E-state index contributed by atoms with van der Waals surface area (Å²) in [5.74, 6) is -3.26. The van der Waals surface area contributed by atoms with Gasteiger partial charge >= 0.3 is 5.97 Å². The third-order valence-electron chi connectivity index (χ3n) is 13.8. The quantitative estimate of drug-likeness (QED) is 0.0880. The van der Waals surface area contributed by atoms with Crippen LogP contribution in [-0.4, -0.2) is 120 Å². The summed E-state index contributed by atoms with van der Waals surface area (Å²) in [5.41, 5.74) is 11.4. The van der Waals surface area contributed by atoms with Crippen molar-refractivity contribution in [3.63, 3.8) is 0 Å². The van der Waals surface area contributed by atoms with Crippen LogP contribution in [0.4, 0.5) is 13.2 Å². The largest absolute Gasteiger partial charge is 0.480 e. The first-order chi connectivity index (χ1) is 35.3. The highest BCUT2D eigenvalue weighted by Gasteiger charge is 2.44. The molecule has 6 aromatic carbocycles. The van der Waals surface area contributed by atoms with Crippen LogP contribution in [0, 0.1) is 11.6 Å². The van der Waals surface area contributed by atoms with E-state index in [9.17, 15) is 37.5 Å². The Kier molecular flexibility index (Phi) is 19.7. The van der Waals surface area contributed by atoms with E-state index in [2.05, 4.69) is 9.80 Å². The minimum Gasteiger partial charge on any atom is -0.480 e. The molecule has 0 aliphatic carbocycles. The summed E-state index contributed by atoms with van der Waals surface area (Å²) in [6.07, 6.45) is 4.32. The van der Waals surface area contributed by atoms with Gasteiger partial charge in [-0.1, -0.05) is 146 Å². The van der Waals surface area contributed by atoms with Crippen LogP contribution in [-0.2, 0) is 32.0 Å². The van der Waals surface area contributed by atoms with Crippen LogP contribution in [0.25, 0.3) is 0 Å². The summed E-state index contributed by atoms with van der Waals surface area (Å²) >= 11 is 0. The van der Waals surface area contributed by atoms with Gasteiger partial charge in [-0.05, 0) is 123 Å². The number of amides is 3. The van der Waals surface area contributed by atoms with Crippen LogP contribution < -0.4 is 5.73 Å². The van der Waals surface area contributed by atoms with Crippen molar-refractivity contribution >= 4 is 23.7 Å². The molecule has 0 spiro atoms. The lowest BCUT2D eigenvalue weighted by Crippen LogP contribution is -2.46. The van der Waals surface area contributed by atoms with Crippen molar-refractivity contribution in [1.82, 2.24) is 19.6 Å². The fraction of sp³-hybridized carbons (Fsp3) is 0.322. The zero-order valence-corrected chi connectivity index (χ0v) is 41.0. The van der Waals surface area contributed by atoms with Crippen molar-refractivity contribution in [3.8, 4) is 0 Å². The summed E-state index contributed by atoms with van der Waals surface area (Å²) in [7, 11) is 3.00. The summed E-state index contributed by atoms with van der Waals surface area (Å²) in [5, 5.41) is 9.96. The summed E-state index contributed by atoms with van der Waals surface area (Å²) < 4.78 is 41.8. The van der Waals surface area contributed by atoms with Gasteiger partial charge in [0.15, 0.2) is 0 Å². The number of carboxylic acids is 1. The number of likely N-dealkylation sites (N-methyl/N-ethyl adjacent to an activating group) is 2. The maximum Gasteiger partial charge on any atom is 0.326 e. The van der Waals surface area contributed by atoms with E-state index in [-0.39, 0.29) is 35.5 Å². The van der Waals surface area contributed by atoms with Gasteiger partial charge in [0.2, 0.25) is 17.7 Å². The molecule has 3 N–H and O–H groups in total. The van der Waals surface area contributed by atoms with Crippen molar-refractivity contribution in [1.29, 1.82) is 0 Å². The number of halogens is 3. The number of aryl methyl sites for hydroxylation is 2. The number of hydrogen-bond donors (Lipinski definition) is 2. The summed E-state index contributed by atoms with van der Waals surface area (Å²) in [4.78, 5) is 59.9. The number of aliphatic carboxylic acids is 1. The Morgan fingerprint density at radius 1 is 0.569 bits per heavy atom. The van der Waals surface area contributed by atoms with Gasteiger partial charge in [0.1, 0.15) is 23.7 Å². The smallest absolute Gasteiger partial charge is 0.326 e. The second-order valence-corrected chi connectivity index (χ2v) is 18.5. The van der Waals surface area contributed by atoms with E-state index >= 15 is 0 Å². The lowest BCUT2D eigenvalue weighted by molar-refractivity contribution is -0.148. The molecular formula is C59H66F3N5O5. The van der Waals surface area contributed by atoms with Gasteiger partial charge in [-0.25, -0.2) is 13.6 Å². The third-order valence-corrected chi connectivity index (χ3v) is 13.8. The van der Waals surface area contributed by atoms with Gasteiger partial charge < -0.3 is 30.4 Å². The SMILES string of the molecule is CN(CCCc1ccc(F)cc1)[C@H]1C[C@@H](C(=O)O)N(C(=O)C(c2ccccc2)c2ccccc2)C1.CN(CCCc1ccc(F)cc1)[C@H]1C[C@@H](C(N)=O)N(C(=O)C(c2ccccc2)c2ccccc2)C1.[2H]CF. The number of alkyl halides is 1. The maximum atomic E-state index is 13.9. The van der Waals surface area contributed by atoms with Crippen LogP contribution >= 0.6 is 0 Å². The van der Waals surface area contributed by atoms with E-state index in [0.717, 1.165) is 72.2 Å². The lowest BCUT2D eigenvalue weighted by atomic mass is 9.90. The number of carboxylic acid groups (broad SMARTS) is 1. The van der Waals surface area contributed by atoms with Crippen LogP contribution in [0.5, 0.6) is 0 Å². The molecule has 2 heterocycles. The van der Waals surface area contributed by atoms with Gasteiger partial charge in [-0.15, -0.1) is 0 Å². The van der Waals surface area contributed by atoms with Gasteiger partial charge in [0.05, 0.1) is 20.4 Å². The first-order valence-electron chi connectivity index (χ1n) is 25.1. The van der Waals surface area contributed by atoms with Crippen molar-refractivity contribution < 1.29 is 38.8 Å². The first-order valence-corrected chi connectivity index (χ1v) is 24.4. The number of primary amides is 1. The summed E-state index contributed by atoms with van der Waals surface area (Å²) in [6, 6.07) is 50.0. The minimum atomic E-state index is -1.00. The molecule has 0 unspecified atom stereocenters. The number of likely N-dealkylation sites (tertiary alicyclic amines) is 2. The maximum absolute atomic E-state index is 13.9. The summed E-state index contributed by atoms with van der Waals surface area (Å²) in [6.45, 7) is 2.39. The average molecular weight is 983 g/mol. The number of nitrogens with zero attached hydrogens (tertiary/aromatic N) is 4. The number of nitrogens with two attached hydrogens (primary N) is 1. The number of hydrogen-bond acceptors (Lipinski definition) is 6. The van der Waals surface area contributed by atoms with Crippen LogP contribution in [0.15, 0.2) is 170 Å². The first kappa shape index (κ1) is 52.7. The van der Waals surface area contributed by atoms with Gasteiger partial charge in [0.25, 0.3) is 0 Å². The third kappa shape index (κ3) is 14.5. The van der Waals surface area contributed by atoms with Gasteiger partial charge in [-0.2, -0.15) is 0 Å². The number of carbonyl (C=O) groups excluding carboxylic acids is 3. The zero-order chi connectivity index (χ0) is 52.3. The molecule has 8 rings (SSSR count). The average Bonchev–Trinajstić information content (AvgIpc) is 4.07. The van der Waals surface area contributed by atoms with Crippen molar-refractivity contribution in [2.75, 3.05) is 47.4 Å². The second-order valence-electron chi connectivity index (χ2n) is 18.5. The zero-order valence-electron chi connectivity index (χ0n) is 42.0. The molecule has 2 saturated heterocycles. The van der Waals surface area contributed by atoms with Crippen molar-refractivity contribution in [2.45, 2.75) is 74.5 Å². The standard InChI is InChI=1S/C29H32FN3O2.C29H31FN2O3.CH3F/c1-32(18-8-9-21-14-16-24(30)17-15-21)25-19-26(28(31)34)33(20-25)29(35)27(22-10-4-2-5-11-22)23-12-6-3-7-13-23;1-31(18-8-9-21-14-16-24(30)17-15-21)25-19-26(29(34)35)32(20-25)28(33)27(22-10-4-2-5-11-22)23-12-6-3-7-13-23;1-2/h2-7,10-17,25-27H,8-9,18-20H2,1H3,(H2,31,34);2-7,10-17,25-27H,8-9,18-20H2,1H3,(H,34,35);1H3/t2*25-,26-;/m00./s1/i;;1D. The Balaban J connectivity index is 0.000000226. The Labute approximate surface area is 423 Å². The molecule has 0 saturated carbocycles. The predicted octanol–water partition coefficient (Wildman–Crippen LogP) is 9.14. The molecule has 3 amide bonds. The molecule has 2 fully saturated rings. The Hall–Kier alpha value is -7.09. The van der Waals surface area contributed by atoms with Gasteiger partial charge in [-0.3, -0.25) is 18.8 Å². The highest BCUT2D eigenvalue weighted by molar-refractivity contribution is 5.93. The number of benzene rings is 6. The molecule has 0 radical (unpaired) electrons. The van der Waals surface area contributed by atoms with Crippen LogP contribution in [0.2, 0.25) is 0 Å². The van der Waals surface area contributed by atoms with E-state index in [1.807, 2.05) is 148 Å². The van der Waals surface area contributed by atoms with E-state index < -0.39 is 42.9 Å². The van der Waals surface area contributed by atoms with Crippen LogP contribution in [0.3, 0.4) is 0 Å². The fourth-order valence-corrected chi connectivity index (χ4v) is 9.86. The second kappa shape index (κ2) is 26.9. The number of rotatable bonds is 18. The highest BCUT2D eigenvalue weighted by atomic mass is 19.1. The molecule has 4 atom stereocenters.